The van der Waals surface area contributed by atoms with Gasteiger partial charge in [0.2, 0.25) is 0 Å². The number of oxazole rings is 1. The zero-order chi connectivity index (χ0) is 12.5. The molecule has 2 aliphatic heterocycles. The van der Waals surface area contributed by atoms with Gasteiger partial charge in [0.1, 0.15) is 5.76 Å². The zero-order valence-electron chi connectivity index (χ0n) is 11.3. The Hall–Kier alpha value is -0.910. The molecule has 0 N–H and O–H groups in total. The fourth-order valence-corrected chi connectivity index (χ4v) is 2.78. The molecule has 0 aliphatic carbocycles. The van der Waals surface area contributed by atoms with Crippen LogP contribution < -0.4 is 0 Å². The molecular formula is C13H22N4O. The molecule has 2 saturated heterocycles. The first-order valence-corrected chi connectivity index (χ1v) is 6.76. The molecule has 1 aromatic rings. The molecule has 0 aromatic carbocycles. The molecular weight excluding hydrogens is 228 g/mol. The van der Waals surface area contributed by atoms with Crippen molar-refractivity contribution in [3.63, 3.8) is 0 Å². The van der Waals surface area contributed by atoms with Crippen molar-refractivity contribution in [1.82, 2.24) is 19.7 Å². The van der Waals surface area contributed by atoms with E-state index in [0.29, 0.717) is 0 Å². The monoisotopic (exact) mass is 250 g/mol. The minimum atomic E-state index is 0.755. The number of likely N-dealkylation sites (tertiary alicyclic amines) is 1. The summed E-state index contributed by atoms with van der Waals surface area (Å²) in [5.41, 5.74) is 1.09. The van der Waals surface area contributed by atoms with Crippen LogP contribution in [0.1, 0.15) is 11.5 Å². The van der Waals surface area contributed by atoms with Gasteiger partial charge in [0.25, 0.3) is 0 Å². The Balaban J connectivity index is 1.45. The van der Waals surface area contributed by atoms with E-state index in [1.165, 1.54) is 39.3 Å². The van der Waals surface area contributed by atoms with Gasteiger partial charge in [-0.2, -0.15) is 0 Å². The summed E-state index contributed by atoms with van der Waals surface area (Å²) in [5, 5.41) is 0. The van der Waals surface area contributed by atoms with E-state index in [1.807, 2.05) is 6.92 Å². The van der Waals surface area contributed by atoms with Crippen molar-refractivity contribution in [1.29, 1.82) is 0 Å². The van der Waals surface area contributed by atoms with Gasteiger partial charge >= 0.3 is 0 Å². The van der Waals surface area contributed by atoms with Crippen LogP contribution in [0.4, 0.5) is 0 Å². The van der Waals surface area contributed by atoms with Crippen LogP contribution in [0.25, 0.3) is 0 Å². The van der Waals surface area contributed by atoms with E-state index in [9.17, 15) is 0 Å². The van der Waals surface area contributed by atoms with E-state index < -0.39 is 0 Å². The van der Waals surface area contributed by atoms with Gasteiger partial charge in [-0.25, -0.2) is 4.98 Å². The molecule has 0 radical (unpaired) electrons. The van der Waals surface area contributed by atoms with Crippen molar-refractivity contribution in [3.05, 3.63) is 17.8 Å². The first-order chi connectivity index (χ1) is 8.72. The Kier molecular flexibility index (Phi) is 3.37. The summed E-state index contributed by atoms with van der Waals surface area (Å²) in [4.78, 5) is 11.7. The van der Waals surface area contributed by atoms with Gasteiger partial charge in [0, 0.05) is 51.9 Å². The smallest absolute Gasteiger partial charge is 0.181 e. The summed E-state index contributed by atoms with van der Waals surface area (Å²) >= 11 is 0. The van der Waals surface area contributed by atoms with Crippen molar-refractivity contribution < 1.29 is 4.42 Å². The fourth-order valence-electron chi connectivity index (χ4n) is 2.78. The highest BCUT2D eigenvalue weighted by Crippen LogP contribution is 2.19. The van der Waals surface area contributed by atoms with Crippen molar-refractivity contribution in [2.24, 2.45) is 0 Å². The summed E-state index contributed by atoms with van der Waals surface area (Å²) in [6, 6.07) is 0.755. The fraction of sp³-hybridized carbons (Fsp3) is 0.769. The second-order valence-electron chi connectivity index (χ2n) is 5.54. The zero-order valence-corrected chi connectivity index (χ0v) is 11.3. The van der Waals surface area contributed by atoms with Crippen molar-refractivity contribution in [2.75, 3.05) is 46.3 Å². The van der Waals surface area contributed by atoms with Gasteiger partial charge in [0.05, 0.1) is 5.69 Å². The SMILES string of the molecule is Cc1ocnc1CN1CC(N2CCN(C)CC2)C1. The minimum absolute atomic E-state index is 0.755. The molecule has 1 aromatic heterocycles. The first kappa shape index (κ1) is 12.1. The summed E-state index contributed by atoms with van der Waals surface area (Å²) in [6.45, 7) is 10.1. The highest BCUT2D eigenvalue weighted by atomic mass is 16.3. The third kappa shape index (κ3) is 2.43. The molecule has 5 heteroatoms. The summed E-state index contributed by atoms with van der Waals surface area (Å²) in [7, 11) is 2.21. The van der Waals surface area contributed by atoms with Crippen molar-refractivity contribution in [3.8, 4) is 0 Å². The molecule has 0 unspecified atom stereocenters. The van der Waals surface area contributed by atoms with Crippen LogP contribution in [0.5, 0.6) is 0 Å². The second kappa shape index (κ2) is 4.99. The first-order valence-electron chi connectivity index (χ1n) is 6.76. The predicted molar refractivity (Wildman–Crippen MR) is 69.4 cm³/mol. The Morgan fingerprint density at radius 3 is 2.61 bits per heavy atom. The number of hydrogen-bond acceptors (Lipinski definition) is 5. The summed E-state index contributed by atoms with van der Waals surface area (Å²) in [6.07, 6.45) is 1.54. The second-order valence-corrected chi connectivity index (χ2v) is 5.54. The molecule has 0 saturated carbocycles. The van der Waals surface area contributed by atoms with Gasteiger partial charge in [-0.3, -0.25) is 9.80 Å². The van der Waals surface area contributed by atoms with Crippen molar-refractivity contribution in [2.45, 2.75) is 19.5 Å². The lowest BCUT2D eigenvalue weighted by Gasteiger charge is -2.47. The van der Waals surface area contributed by atoms with Gasteiger partial charge in [0.15, 0.2) is 6.39 Å². The van der Waals surface area contributed by atoms with Crippen molar-refractivity contribution >= 4 is 0 Å². The Morgan fingerprint density at radius 1 is 1.28 bits per heavy atom. The van der Waals surface area contributed by atoms with E-state index >= 15 is 0 Å². The third-order valence-corrected chi connectivity index (χ3v) is 4.21. The lowest BCUT2D eigenvalue weighted by molar-refractivity contribution is 0.00475. The van der Waals surface area contributed by atoms with Crippen LogP contribution in [-0.4, -0.2) is 72.0 Å². The van der Waals surface area contributed by atoms with Crippen LogP contribution >= 0.6 is 0 Å². The maximum absolute atomic E-state index is 5.24. The molecule has 5 nitrogen and oxygen atoms in total. The van der Waals surface area contributed by atoms with Crippen LogP contribution in [-0.2, 0) is 6.54 Å². The molecule has 0 atom stereocenters. The van der Waals surface area contributed by atoms with Crippen LogP contribution in [0, 0.1) is 6.92 Å². The summed E-state index contributed by atoms with van der Waals surface area (Å²) < 4.78 is 5.24. The number of piperazine rings is 1. The Bertz CT molecular complexity index is 391. The lowest BCUT2D eigenvalue weighted by Crippen LogP contribution is -2.62. The predicted octanol–water partition coefficient (Wildman–Crippen LogP) is 0.415. The van der Waals surface area contributed by atoms with E-state index in [2.05, 4.69) is 26.7 Å². The molecule has 0 bridgehead atoms. The molecule has 100 valence electrons. The largest absolute Gasteiger partial charge is 0.448 e. The maximum atomic E-state index is 5.24. The van der Waals surface area contributed by atoms with Crippen LogP contribution in [0.15, 0.2) is 10.8 Å². The number of nitrogens with zero attached hydrogens (tertiary/aromatic N) is 4. The van der Waals surface area contributed by atoms with Gasteiger partial charge in [-0.05, 0) is 14.0 Å². The van der Waals surface area contributed by atoms with Gasteiger partial charge in [-0.1, -0.05) is 0 Å². The van der Waals surface area contributed by atoms with E-state index in [4.69, 9.17) is 4.42 Å². The standard InChI is InChI=1S/C13H22N4O/c1-11-13(14-10-18-11)9-16-7-12(8-16)17-5-3-15(2)4-6-17/h10,12H,3-9H2,1-2H3. The number of hydrogen-bond donors (Lipinski definition) is 0. The van der Waals surface area contributed by atoms with E-state index in [-0.39, 0.29) is 0 Å². The van der Waals surface area contributed by atoms with Crippen LogP contribution in [0.2, 0.25) is 0 Å². The highest BCUT2D eigenvalue weighted by molar-refractivity contribution is 5.06. The van der Waals surface area contributed by atoms with Gasteiger partial charge in [-0.15, -0.1) is 0 Å². The number of rotatable bonds is 3. The Labute approximate surface area is 108 Å². The Morgan fingerprint density at radius 2 is 2.00 bits per heavy atom. The maximum Gasteiger partial charge on any atom is 0.181 e. The lowest BCUT2D eigenvalue weighted by atomic mass is 10.1. The molecule has 2 fully saturated rings. The topological polar surface area (TPSA) is 35.8 Å². The van der Waals surface area contributed by atoms with Gasteiger partial charge < -0.3 is 9.32 Å². The van der Waals surface area contributed by atoms with E-state index in [1.54, 1.807) is 6.39 Å². The molecule has 18 heavy (non-hydrogen) atoms. The van der Waals surface area contributed by atoms with E-state index in [0.717, 1.165) is 24.0 Å². The molecule has 0 spiro atoms. The normalized spacial score (nSPS) is 24.3. The number of aryl methyl sites for hydroxylation is 1. The minimum Gasteiger partial charge on any atom is -0.448 e. The molecule has 2 aliphatic rings. The molecule has 0 amide bonds. The quantitative estimate of drug-likeness (QED) is 0.777. The average molecular weight is 250 g/mol. The highest BCUT2D eigenvalue weighted by Gasteiger charge is 2.33. The summed E-state index contributed by atoms with van der Waals surface area (Å²) in [5.74, 6) is 0.957. The molecule has 3 heterocycles. The average Bonchev–Trinajstić information content (AvgIpc) is 2.71. The van der Waals surface area contributed by atoms with Crippen LogP contribution in [0.3, 0.4) is 0 Å². The number of likely N-dealkylation sites (N-methyl/N-ethyl adjacent to an activating group) is 1. The third-order valence-electron chi connectivity index (χ3n) is 4.21. The molecule has 3 rings (SSSR count). The number of aromatic nitrogens is 1.